The summed E-state index contributed by atoms with van der Waals surface area (Å²) in [6, 6.07) is 0. The number of anilines is 1. The third-order valence-corrected chi connectivity index (χ3v) is 2.35. The van der Waals surface area contributed by atoms with Crippen LogP contribution < -0.4 is 5.32 Å². The van der Waals surface area contributed by atoms with Crippen molar-refractivity contribution in [2.45, 2.75) is 13.8 Å². The second-order valence-electron chi connectivity index (χ2n) is 5.35. The highest BCUT2D eigenvalue weighted by Crippen LogP contribution is 2.16. The second kappa shape index (κ2) is 5.77. The van der Waals surface area contributed by atoms with Crippen LogP contribution in [0.25, 0.3) is 0 Å². The summed E-state index contributed by atoms with van der Waals surface area (Å²) in [5.74, 6) is -0.583. The van der Waals surface area contributed by atoms with Crippen molar-refractivity contribution < 1.29 is 9.90 Å². The number of carbonyl (C=O) groups is 1. The molecule has 6 heteroatoms. The van der Waals surface area contributed by atoms with Crippen LogP contribution in [0.2, 0.25) is 0 Å². The van der Waals surface area contributed by atoms with Gasteiger partial charge in [-0.15, -0.1) is 0 Å². The first kappa shape index (κ1) is 14.4. The van der Waals surface area contributed by atoms with E-state index < -0.39 is 5.97 Å². The molecule has 6 nitrogen and oxygen atoms in total. The summed E-state index contributed by atoms with van der Waals surface area (Å²) in [5.41, 5.74) is 0.00939. The maximum atomic E-state index is 10.8. The van der Waals surface area contributed by atoms with E-state index in [2.05, 4.69) is 34.0 Å². The molecule has 100 valence electrons. The van der Waals surface area contributed by atoms with Gasteiger partial charge >= 0.3 is 5.97 Å². The standard InChI is InChI=1S/C12H20N4O2/c1-12(2,8-16(3)4)7-14-10-6-13-5-9(15-10)11(17)18/h5-6H,7-8H2,1-4H3,(H,14,15)(H,17,18). The summed E-state index contributed by atoms with van der Waals surface area (Å²) in [5, 5.41) is 11.9. The molecular weight excluding hydrogens is 232 g/mol. The van der Waals surface area contributed by atoms with Gasteiger partial charge in [0.1, 0.15) is 5.82 Å². The maximum Gasteiger partial charge on any atom is 0.356 e. The van der Waals surface area contributed by atoms with Gasteiger partial charge < -0.3 is 15.3 Å². The van der Waals surface area contributed by atoms with Gasteiger partial charge in [0.2, 0.25) is 0 Å². The second-order valence-corrected chi connectivity index (χ2v) is 5.35. The molecule has 0 aromatic carbocycles. The molecule has 1 rings (SSSR count). The maximum absolute atomic E-state index is 10.8. The van der Waals surface area contributed by atoms with Crippen LogP contribution in [-0.2, 0) is 0 Å². The van der Waals surface area contributed by atoms with Gasteiger partial charge in [-0.05, 0) is 19.5 Å². The molecule has 0 amide bonds. The van der Waals surface area contributed by atoms with Gasteiger partial charge in [-0.2, -0.15) is 0 Å². The zero-order chi connectivity index (χ0) is 13.8. The SMILES string of the molecule is CN(C)CC(C)(C)CNc1cncc(C(=O)O)n1. The van der Waals surface area contributed by atoms with Crippen molar-refractivity contribution >= 4 is 11.8 Å². The molecule has 0 aliphatic carbocycles. The van der Waals surface area contributed by atoms with Gasteiger partial charge in [0.15, 0.2) is 5.69 Å². The number of aromatic carboxylic acids is 1. The number of rotatable bonds is 6. The first-order chi connectivity index (χ1) is 8.30. The Morgan fingerprint density at radius 1 is 1.44 bits per heavy atom. The lowest BCUT2D eigenvalue weighted by atomic mass is 9.93. The van der Waals surface area contributed by atoms with Crippen molar-refractivity contribution in [2.75, 3.05) is 32.5 Å². The van der Waals surface area contributed by atoms with Crippen LogP contribution in [0.5, 0.6) is 0 Å². The van der Waals surface area contributed by atoms with Crippen LogP contribution in [0.1, 0.15) is 24.3 Å². The van der Waals surface area contributed by atoms with Crippen molar-refractivity contribution in [2.24, 2.45) is 5.41 Å². The fraction of sp³-hybridized carbons (Fsp3) is 0.583. The van der Waals surface area contributed by atoms with E-state index in [9.17, 15) is 4.79 Å². The highest BCUT2D eigenvalue weighted by Gasteiger charge is 2.19. The molecule has 0 spiro atoms. The summed E-state index contributed by atoms with van der Waals surface area (Å²) in [6.45, 7) is 5.89. The van der Waals surface area contributed by atoms with Crippen molar-refractivity contribution in [3.8, 4) is 0 Å². The largest absolute Gasteiger partial charge is 0.476 e. The Kier molecular flexibility index (Phi) is 4.61. The number of aromatic nitrogens is 2. The van der Waals surface area contributed by atoms with Crippen molar-refractivity contribution in [3.63, 3.8) is 0 Å². The van der Waals surface area contributed by atoms with E-state index in [-0.39, 0.29) is 11.1 Å². The smallest absolute Gasteiger partial charge is 0.356 e. The van der Waals surface area contributed by atoms with Crippen LogP contribution in [-0.4, -0.2) is 53.1 Å². The fourth-order valence-corrected chi connectivity index (χ4v) is 1.80. The molecule has 0 bridgehead atoms. The summed E-state index contributed by atoms with van der Waals surface area (Å²) in [4.78, 5) is 20.7. The fourth-order valence-electron chi connectivity index (χ4n) is 1.80. The first-order valence-electron chi connectivity index (χ1n) is 5.74. The topological polar surface area (TPSA) is 78.4 Å². The van der Waals surface area contributed by atoms with Crippen LogP contribution >= 0.6 is 0 Å². The molecular formula is C12H20N4O2. The van der Waals surface area contributed by atoms with E-state index in [0.717, 1.165) is 6.54 Å². The van der Waals surface area contributed by atoms with Gasteiger partial charge in [0.05, 0.1) is 12.4 Å². The molecule has 0 aliphatic rings. The Morgan fingerprint density at radius 2 is 2.11 bits per heavy atom. The average molecular weight is 252 g/mol. The number of carboxylic acids is 1. The highest BCUT2D eigenvalue weighted by atomic mass is 16.4. The van der Waals surface area contributed by atoms with Crippen LogP contribution in [0.15, 0.2) is 12.4 Å². The number of nitrogens with one attached hydrogen (secondary N) is 1. The zero-order valence-electron chi connectivity index (χ0n) is 11.3. The van der Waals surface area contributed by atoms with Gasteiger partial charge in [-0.3, -0.25) is 4.98 Å². The molecule has 1 heterocycles. The quantitative estimate of drug-likeness (QED) is 0.791. The normalized spacial score (nSPS) is 11.6. The summed E-state index contributed by atoms with van der Waals surface area (Å²) < 4.78 is 0. The first-order valence-corrected chi connectivity index (χ1v) is 5.74. The lowest BCUT2D eigenvalue weighted by Crippen LogP contribution is -2.34. The van der Waals surface area contributed by atoms with Crippen molar-refractivity contribution in [1.29, 1.82) is 0 Å². The minimum atomic E-state index is -1.07. The minimum absolute atomic E-state index is 0.0505. The molecule has 2 N–H and O–H groups in total. The zero-order valence-corrected chi connectivity index (χ0v) is 11.3. The summed E-state index contributed by atoms with van der Waals surface area (Å²) in [6.07, 6.45) is 2.76. The van der Waals surface area contributed by atoms with E-state index in [1.165, 1.54) is 12.4 Å². The highest BCUT2D eigenvalue weighted by molar-refractivity contribution is 5.85. The third kappa shape index (κ3) is 4.67. The third-order valence-electron chi connectivity index (χ3n) is 2.35. The molecule has 1 aromatic rings. The van der Waals surface area contributed by atoms with Gasteiger partial charge in [-0.25, -0.2) is 9.78 Å². The summed E-state index contributed by atoms with van der Waals surface area (Å²) in [7, 11) is 4.04. The minimum Gasteiger partial charge on any atom is -0.476 e. The molecule has 0 aliphatic heterocycles. The molecule has 1 aromatic heterocycles. The van der Waals surface area contributed by atoms with E-state index in [1.54, 1.807) is 0 Å². The predicted molar refractivity (Wildman–Crippen MR) is 69.8 cm³/mol. The molecule has 0 saturated heterocycles. The lowest BCUT2D eigenvalue weighted by Gasteiger charge is -2.28. The molecule has 0 fully saturated rings. The van der Waals surface area contributed by atoms with E-state index in [1.807, 2.05) is 14.1 Å². The van der Waals surface area contributed by atoms with Crippen molar-refractivity contribution in [3.05, 3.63) is 18.1 Å². The van der Waals surface area contributed by atoms with Crippen LogP contribution in [0.3, 0.4) is 0 Å². The van der Waals surface area contributed by atoms with Crippen LogP contribution in [0, 0.1) is 5.41 Å². The van der Waals surface area contributed by atoms with E-state index in [4.69, 9.17) is 5.11 Å². The van der Waals surface area contributed by atoms with E-state index >= 15 is 0 Å². The average Bonchev–Trinajstić information content (AvgIpc) is 2.25. The van der Waals surface area contributed by atoms with Gasteiger partial charge in [0, 0.05) is 13.1 Å². The molecule has 0 atom stereocenters. The molecule has 0 radical (unpaired) electrons. The Labute approximate surface area is 107 Å². The predicted octanol–water partition coefficient (Wildman–Crippen LogP) is 1.17. The van der Waals surface area contributed by atoms with E-state index in [0.29, 0.717) is 12.4 Å². The lowest BCUT2D eigenvalue weighted by molar-refractivity contribution is 0.0690. The Morgan fingerprint density at radius 3 is 2.67 bits per heavy atom. The number of carboxylic acid groups (broad SMARTS) is 1. The van der Waals surface area contributed by atoms with Crippen LogP contribution in [0.4, 0.5) is 5.82 Å². The molecule has 0 unspecified atom stereocenters. The Hall–Kier alpha value is -1.69. The van der Waals surface area contributed by atoms with Gasteiger partial charge in [-0.1, -0.05) is 13.8 Å². The number of hydrogen-bond donors (Lipinski definition) is 2. The van der Waals surface area contributed by atoms with Crippen molar-refractivity contribution in [1.82, 2.24) is 14.9 Å². The Bertz CT molecular complexity index is 418. The van der Waals surface area contributed by atoms with Gasteiger partial charge in [0.25, 0.3) is 0 Å². The number of nitrogens with zero attached hydrogens (tertiary/aromatic N) is 3. The number of hydrogen-bond acceptors (Lipinski definition) is 5. The molecule has 0 saturated carbocycles. The molecule has 18 heavy (non-hydrogen) atoms. The Balaban J connectivity index is 2.63. The summed E-state index contributed by atoms with van der Waals surface area (Å²) >= 11 is 0. The monoisotopic (exact) mass is 252 g/mol.